The van der Waals surface area contributed by atoms with E-state index in [1.807, 2.05) is 30.3 Å². The van der Waals surface area contributed by atoms with Crippen molar-refractivity contribution in [3.63, 3.8) is 0 Å². The van der Waals surface area contributed by atoms with Crippen molar-refractivity contribution in [2.45, 2.75) is 38.4 Å². The number of para-hydroxylation sites is 1. The predicted octanol–water partition coefficient (Wildman–Crippen LogP) is 1.73. The van der Waals surface area contributed by atoms with Crippen molar-refractivity contribution in [2.24, 2.45) is 5.92 Å². The van der Waals surface area contributed by atoms with E-state index < -0.39 is 6.10 Å². The zero-order valence-electron chi connectivity index (χ0n) is 11.2. The number of aliphatic hydroxyl groups excluding tert-OH is 1. The number of ether oxygens (including phenoxy) is 1. The van der Waals surface area contributed by atoms with Crippen LogP contribution in [0.5, 0.6) is 5.75 Å². The molecule has 104 valence electrons. The third kappa shape index (κ3) is 4.24. The van der Waals surface area contributed by atoms with E-state index in [-0.39, 0.29) is 12.0 Å². The molecule has 0 spiro atoms. The van der Waals surface area contributed by atoms with Gasteiger partial charge in [0.1, 0.15) is 5.75 Å². The van der Waals surface area contributed by atoms with Crippen LogP contribution in [-0.2, 0) is 4.79 Å². The predicted molar refractivity (Wildman–Crippen MR) is 72.9 cm³/mol. The van der Waals surface area contributed by atoms with Gasteiger partial charge in [-0.1, -0.05) is 18.2 Å². The lowest BCUT2D eigenvalue weighted by molar-refractivity contribution is -0.127. The SMILES string of the molecule is CC(Oc1ccccc1)C(=O)NCC1CCC(O)C1. The van der Waals surface area contributed by atoms with Crippen LogP contribution in [0, 0.1) is 5.92 Å². The average Bonchev–Trinajstić information content (AvgIpc) is 2.83. The molecule has 1 aliphatic carbocycles. The average molecular weight is 263 g/mol. The van der Waals surface area contributed by atoms with E-state index in [1.165, 1.54) is 0 Å². The highest BCUT2D eigenvalue weighted by molar-refractivity contribution is 5.80. The van der Waals surface area contributed by atoms with Gasteiger partial charge in [-0.3, -0.25) is 4.79 Å². The quantitative estimate of drug-likeness (QED) is 0.850. The minimum Gasteiger partial charge on any atom is -0.481 e. The van der Waals surface area contributed by atoms with Crippen LogP contribution in [0.25, 0.3) is 0 Å². The lowest BCUT2D eigenvalue weighted by Gasteiger charge is -2.16. The molecule has 1 aromatic rings. The first-order valence-electron chi connectivity index (χ1n) is 6.82. The summed E-state index contributed by atoms with van der Waals surface area (Å²) in [6.45, 7) is 2.37. The van der Waals surface area contributed by atoms with Gasteiger partial charge in [0.05, 0.1) is 6.10 Å². The molecular formula is C15H21NO3. The molecule has 1 saturated carbocycles. The maximum atomic E-state index is 11.9. The second-order valence-electron chi connectivity index (χ2n) is 5.15. The molecule has 1 aliphatic rings. The fraction of sp³-hybridized carbons (Fsp3) is 0.533. The molecule has 3 unspecified atom stereocenters. The van der Waals surface area contributed by atoms with Crippen molar-refractivity contribution in [3.8, 4) is 5.75 Å². The Labute approximate surface area is 113 Å². The molecule has 2 rings (SSSR count). The van der Waals surface area contributed by atoms with Gasteiger partial charge in [0, 0.05) is 6.54 Å². The molecule has 1 fully saturated rings. The minimum atomic E-state index is -0.506. The van der Waals surface area contributed by atoms with Crippen molar-refractivity contribution in [1.82, 2.24) is 5.32 Å². The number of rotatable bonds is 5. The Bertz CT molecular complexity index is 407. The summed E-state index contributed by atoms with van der Waals surface area (Å²) in [4.78, 5) is 11.9. The van der Waals surface area contributed by atoms with Gasteiger partial charge in [0.2, 0.25) is 0 Å². The Morgan fingerprint density at radius 1 is 1.42 bits per heavy atom. The first kappa shape index (κ1) is 13.9. The van der Waals surface area contributed by atoms with Crippen molar-refractivity contribution < 1.29 is 14.6 Å². The van der Waals surface area contributed by atoms with E-state index in [1.54, 1.807) is 6.92 Å². The molecule has 1 amide bonds. The third-order valence-corrected chi connectivity index (χ3v) is 3.50. The number of carbonyl (C=O) groups is 1. The van der Waals surface area contributed by atoms with Crippen LogP contribution in [0.3, 0.4) is 0 Å². The fourth-order valence-corrected chi connectivity index (χ4v) is 2.38. The van der Waals surface area contributed by atoms with Gasteiger partial charge in [-0.2, -0.15) is 0 Å². The highest BCUT2D eigenvalue weighted by atomic mass is 16.5. The molecule has 3 atom stereocenters. The molecule has 2 N–H and O–H groups in total. The highest BCUT2D eigenvalue weighted by Crippen LogP contribution is 2.24. The topological polar surface area (TPSA) is 58.6 Å². The van der Waals surface area contributed by atoms with Gasteiger partial charge < -0.3 is 15.2 Å². The van der Waals surface area contributed by atoms with Crippen LogP contribution in [0.4, 0.5) is 0 Å². The van der Waals surface area contributed by atoms with Gasteiger partial charge in [0.15, 0.2) is 6.10 Å². The lowest BCUT2D eigenvalue weighted by atomic mass is 10.1. The van der Waals surface area contributed by atoms with E-state index in [4.69, 9.17) is 4.74 Å². The second-order valence-corrected chi connectivity index (χ2v) is 5.15. The molecule has 4 nitrogen and oxygen atoms in total. The standard InChI is InChI=1S/C15H21NO3/c1-11(19-14-5-3-2-4-6-14)15(18)16-10-12-7-8-13(17)9-12/h2-6,11-13,17H,7-10H2,1H3,(H,16,18). The van der Waals surface area contributed by atoms with Crippen LogP contribution in [0.1, 0.15) is 26.2 Å². The number of hydrogen-bond donors (Lipinski definition) is 2. The van der Waals surface area contributed by atoms with Crippen molar-refractivity contribution >= 4 is 5.91 Å². The van der Waals surface area contributed by atoms with Gasteiger partial charge in [-0.05, 0) is 44.2 Å². The fourth-order valence-electron chi connectivity index (χ4n) is 2.38. The number of carbonyl (C=O) groups excluding carboxylic acids is 1. The Morgan fingerprint density at radius 3 is 2.79 bits per heavy atom. The van der Waals surface area contributed by atoms with Crippen LogP contribution >= 0.6 is 0 Å². The van der Waals surface area contributed by atoms with Gasteiger partial charge in [0.25, 0.3) is 5.91 Å². The second kappa shape index (κ2) is 6.57. The summed E-state index contributed by atoms with van der Waals surface area (Å²) in [5.41, 5.74) is 0. The zero-order chi connectivity index (χ0) is 13.7. The largest absolute Gasteiger partial charge is 0.481 e. The molecule has 0 aliphatic heterocycles. The monoisotopic (exact) mass is 263 g/mol. The minimum absolute atomic E-state index is 0.106. The van der Waals surface area contributed by atoms with E-state index in [0.717, 1.165) is 19.3 Å². The maximum Gasteiger partial charge on any atom is 0.260 e. The summed E-state index contributed by atoms with van der Waals surface area (Å²) in [6.07, 6.45) is 1.91. The number of aliphatic hydroxyl groups is 1. The van der Waals surface area contributed by atoms with E-state index >= 15 is 0 Å². The molecule has 0 saturated heterocycles. The Hall–Kier alpha value is -1.55. The van der Waals surface area contributed by atoms with Gasteiger partial charge in [-0.25, -0.2) is 0 Å². The Balaban J connectivity index is 1.73. The molecule has 0 heterocycles. The lowest BCUT2D eigenvalue weighted by Crippen LogP contribution is -2.38. The summed E-state index contributed by atoms with van der Waals surface area (Å²) in [7, 11) is 0. The summed E-state index contributed by atoms with van der Waals surface area (Å²) < 4.78 is 5.55. The van der Waals surface area contributed by atoms with Gasteiger partial charge in [-0.15, -0.1) is 0 Å². The molecule has 0 aromatic heterocycles. The van der Waals surface area contributed by atoms with Crippen LogP contribution in [-0.4, -0.2) is 29.8 Å². The number of benzene rings is 1. The van der Waals surface area contributed by atoms with E-state index in [9.17, 15) is 9.90 Å². The van der Waals surface area contributed by atoms with Crippen molar-refractivity contribution in [2.75, 3.05) is 6.54 Å². The molecule has 0 radical (unpaired) electrons. The molecular weight excluding hydrogens is 242 g/mol. The van der Waals surface area contributed by atoms with Crippen molar-refractivity contribution in [3.05, 3.63) is 30.3 Å². The summed E-state index contributed by atoms with van der Waals surface area (Å²) in [5, 5.41) is 12.3. The third-order valence-electron chi connectivity index (χ3n) is 3.50. The number of amides is 1. The smallest absolute Gasteiger partial charge is 0.260 e. The maximum absolute atomic E-state index is 11.9. The van der Waals surface area contributed by atoms with E-state index in [2.05, 4.69) is 5.32 Å². The summed E-state index contributed by atoms with van der Waals surface area (Å²) in [5.74, 6) is 0.981. The van der Waals surface area contributed by atoms with Gasteiger partial charge >= 0.3 is 0 Å². The zero-order valence-corrected chi connectivity index (χ0v) is 11.2. The molecule has 19 heavy (non-hydrogen) atoms. The highest BCUT2D eigenvalue weighted by Gasteiger charge is 2.24. The molecule has 0 bridgehead atoms. The Kier molecular flexibility index (Phi) is 4.80. The van der Waals surface area contributed by atoms with Crippen LogP contribution < -0.4 is 10.1 Å². The molecule has 4 heteroatoms. The summed E-state index contributed by atoms with van der Waals surface area (Å²) in [6, 6.07) is 9.32. The number of nitrogens with one attached hydrogen (secondary N) is 1. The first-order valence-corrected chi connectivity index (χ1v) is 6.82. The van der Waals surface area contributed by atoms with Crippen molar-refractivity contribution in [1.29, 1.82) is 0 Å². The van der Waals surface area contributed by atoms with Crippen LogP contribution in [0.15, 0.2) is 30.3 Å². The first-order chi connectivity index (χ1) is 9.15. The number of hydrogen-bond acceptors (Lipinski definition) is 3. The summed E-state index contributed by atoms with van der Waals surface area (Å²) >= 11 is 0. The Morgan fingerprint density at radius 2 is 2.16 bits per heavy atom. The van der Waals surface area contributed by atoms with Crippen LogP contribution in [0.2, 0.25) is 0 Å². The normalized spacial score (nSPS) is 23.9. The molecule has 1 aromatic carbocycles. The van der Waals surface area contributed by atoms with E-state index in [0.29, 0.717) is 18.2 Å².